The van der Waals surface area contributed by atoms with Gasteiger partial charge < -0.3 is 9.80 Å². The van der Waals surface area contributed by atoms with Crippen molar-refractivity contribution in [3.63, 3.8) is 0 Å². The number of benzene rings is 1. The molecule has 0 bridgehead atoms. The molecule has 124 valence electrons. The molecule has 1 aromatic carbocycles. The van der Waals surface area contributed by atoms with Crippen LogP contribution in [0, 0.1) is 5.92 Å². The summed E-state index contributed by atoms with van der Waals surface area (Å²) in [5.74, 6) is 0.543. The largest absolute Gasteiger partial charge is 0.342 e. The highest BCUT2D eigenvalue weighted by Crippen LogP contribution is 2.32. The van der Waals surface area contributed by atoms with Crippen LogP contribution >= 0.6 is 0 Å². The van der Waals surface area contributed by atoms with Crippen LogP contribution in [0.2, 0.25) is 0 Å². The summed E-state index contributed by atoms with van der Waals surface area (Å²) < 4.78 is 0. The van der Waals surface area contributed by atoms with Crippen molar-refractivity contribution in [2.24, 2.45) is 5.92 Å². The second-order valence-corrected chi connectivity index (χ2v) is 6.97. The first-order chi connectivity index (χ1) is 11.0. The third-order valence-electron chi connectivity index (χ3n) is 5.10. The van der Waals surface area contributed by atoms with Crippen molar-refractivity contribution in [3.05, 3.63) is 29.3 Å². The number of likely N-dealkylation sites (tertiary alicyclic amines) is 1. The maximum absolute atomic E-state index is 12.9. The smallest absolute Gasteiger partial charge is 0.232 e. The molecule has 2 aliphatic heterocycles. The molecule has 3 rings (SSSR count). The maximum atomic E-state index is 12.9. The van der Waals surface area contributed by atoms with Gasteiger partial charge in [0.25, 0.3) is 0 Å². The van der Waals surface area contributed by atoms with Gasteiger partial charge in [0.15, 0.2) is 0 Å². The molecule has 0 saturated carbocycles. The van der Waals surface area contributed by atoms with Gasteiger partial charge in [-0.1, -0.05) is 26.0 Å². The Morgan fingerprint density at radius 1 is 1.35 bits per heavy atom. The van der Waals surface area contributed by atoms with Crippen LogP contribution in [0.3, 0.4) is 0 Å². The van der Waals surface area contributed by atoms with E-state index in [1.54, 1.807) is 4.90 Å². The Labute approximate surface area is 138 Å². The van der Waals surface area contributed by atoms with Gasteiger partial charge in [0.05, 0.1) is 5.92 Å². The number of anilines is 1. The molecule has 0 aliphatic carbocycles. The SMILES string of the molecule is CCN1CC(C(=O)N2CCCc3cc(C(C)C)ccc32)CC1=O. The van der Waals surface area contributed by atoms with Crippen molar-refractivity contribution in [1.29, 1.82) is 0 Å². The molecule has 0 spiro atoms. The first-order valence-corrected chi connectivity index (χ1v) is 8.73. The molecule has 23 heavy (non-hydrogen) atoms. The number of rotatable bonds is 3. The molecule has 0 radical (unpaired) electrons. The average Bonchev–Trinajstić information content (AvgIpc) is 2.94. The fourth-order valence-corrected chi connectivity index (χ4v) is 3.67. The monoisotopic (exact) mass is 314 g/mol. The van der Waals surface area contributed by atoms with Crippen molar-refractivity contribution in [3.8, 4) is 0 Å². The summed E-state index contributed by atoms with van der Waals surface area (Å²) in [6, 6.07) is 6.47. The third-order valence-corrected chi connectivity index (χ3v) is 5.10. The molecule has 1 aromatic rings. The lowest BCUT2D eigenvalue weighted by Gasteiger charge is -2.32. The number of amides is 2. The van der Waals surface area contributed by atoms with Crippen LogP contribution in [0.5, 0.6) is 0 Å². The van der Waals surface area contributed by atoms with Gasteiger partial charge in [-0.3, -0.25) is 9.59 Å². The standard InChI is InChI=1S/C19H26N2O2/c1-4-20-12-16(11-18(20)22)19(23)21-9-5-6-15-10-14(13(2)3)7-8-17(15)21/h7-8,10,13,16H,4-6,9,11-12H2,1-3H3. The molecule has 4 nitrogen and oxygen atoms in total. The van der Waals surface area contributed by atoms with E-state index >= 15 is 0 Å². The van der Waals surface area contributed by atoms with E-state index in [9.17, 15) is 9.59 Å². The van der Waals surface area contributed by atoms with Crippen LogP contribution in [0.4, 0.5) is 5.69 Å². The van der Waals surface area contributed by atoms with Crippen molar-refractivity contribution in [2.75, 3.05) is 24.5 Å². The van der Waals surface area contributed by atoms with E-state index in [0.717, 1.165) is 25.1 Å². The molecule has 2 aliphatic rings. The highest BCUT2D eigenvalue weighted by Gasteiger charge is 2.37. The molecule has 4 heteroatoms. The van der Waals surface area contributed by atoms with Gasteiger partial charge in [-0.25, -0.2) is 0 Å². The van der Waals surface area contributed by atoms with E-state index in [0.29, 0.717) is 25.4 Å². The van der Waals surface area contributed by atoms with Crippen LogP contribution in [-0.2, 0) is 16.0 Å². The van der Waals surface area contributed by atoms with Gasteiger partial charge >= 0.3 is 0 Å². The van der Waals surface area contributed by atoms with E-state index in [-0.39, 0.29) is 17.7 Å². The first kappa shape index (κ1) is 16.0. The van der Waals surface area contributed by atoms with Gasteiger partial charge in [-0.2, -0.15) is 0 Å². The Hall–Kier alpha value is -1.84. The Bertz CT molecular complexity index is 624. The second-order valence-electron chi connectivity index (χ2n) is 6.97. The predicted molar refractivity (Wildman–Crippen MR) is 91.6 cm³/mol. The summed E-state index contributed by atoms with van der Waals surface area (Å²) in [7, 11) is 0. The fraction of sp³-hybridized carbons (Fsp3) is 0.579. The van der Waals surface area contributed by atoms with Gasteiger partial charge in [0.2, 0.25) is 11.8 Å². The zero-order valence-electron chi connectivity index (χ0n) is 14.3. The molecule has 1 fully saturated rings. The molecule has 1 atom stereocenters. The van der Waals surface area contributed by atoms with E-state index in [1.165, 1.54) is 11.1 Å². The summed E-state index contributed by atoms with van der Waals surface area (Å²) in [4.78, 5) is 28.6. The molecule has 1 saturated heterocycles. The number of carbonyl (C=O) groups is 2. The zero-order valence-corrected chi connectivity index (χ0v) is 14.3. The van der Waals surface area contributed by atoms with Crippen LogP contribution < -0.4 is 4.90 Å². The second kappa shape index (κ2) is 6.34. The fourth-order valence-electron chi connectivity index (χ4n) is 3.67. The molecule has 2 amide bonds. The van der Waals surface area contributed by atoms with Crippen LogP contribution in [0.1, 0.15) is 50.7 Å². The number of hydrogen-bond donors (Lipinski definition) is 0. The van der Waals surface area contributed by atoms with Crippen molar-refractivity contribution in [1.82, 2.24) is 4.90 Å². The molecular formula is C19H26N2O2. The number of nitrogens with zero attached hydrogens (tertiary/aromatic N) is 2. The van der Waals surface area contributed by atoms with Gasteiger partial charge in [0.1, 0.15) is 0 Å². The predicted octanol–water partition coefficient (Wildman–Crippen LogP) is 2.96. The zero-order chi connectivity index (χ0) is 16.6. The molecular weight excluding hydrogens is 288 g/mol. The first-order valence-electron chi connectivity index (χ1n) is 8.73. The Kier molecular flexibility index (Phi) is 4.42. The van der Waals surface area contributed by atoms with Crippen LogP contribution in [-0.4, -0.2) is 36.3 Å². The molecule has 0 aromatic heterocycles. The highest BCUT2D eigenvalue weighted by molar-refractivity contribution is 5.99. The van der Waals surface area contributed by atoms with E-state index in [4.69, 9.17) is 0 Å². The van der Waals surface area contributed by atoms with Gasteiger partial charge in [-0.15, -0.1) is 0 Å². The van der Waals surface area contributed by atoms with Crippen molar-refractivity contribution in [2.45, 2.75) is 46.0 Å². The lowest BCUT2D eigenvalue weighted by atomic mass is 9.94. The van der Waals surface area contributed by atoms with E-state index < -0.39 is 0 Å². The van der Waals surface area contributed by atoms with Gasteiger partial charge in [-0.05, 0) is 42.9 Å². The highest BCUT2D eigenvalue weighted by atomic mass is 16.2. The number of aryl methyl sites for hydroxylation is 1. The number of carbonyl (C=O) groups excluding carboxylic acids is 2. The minimum atomic E-state index is -0.182. The summed E-state index contributed by atoms with van der Waals surface area (Å²) >= 11 is 0. The summed E-state index contributed by atoms with van der Waals surface area (Å²) in [6.07, 6.45) is 2.39. The summed E-state index contributed by atoms with van der Waals surface area (Å²) in [6.45, 7) is 8.38. The number of fused-ring (bicyclic) bond motifs is 1. The average molecular weight is 314 g/mol. The van der Waals surface area contributed by atoms with E-state index in [1.807, 2.05) is 11.8 Å². The third kappa shape index (κ3) is 2.99. The normalized spacial score (nSPS) is 21.0. The minimum Gasteiger partial charge on any atom is -0.342 e. The van der Waals surface area contributed by atoms with Crippen molar-refractivity contribution >= 4 is 17.5 Å². The van der Waals surface area contributed by atoms with Crippen molar-refractivity contribution < 1.29 is 9.59 Å². The number of hydrogen-bond acceptors (Lipinski definition) is 2. The summed E-state index contributed by atoms with van der Waals surface area (Å²) in [5, 5.41) is 0. The summed E-state index contributed by atoms with van der Waals surface area (Å²) in [5.41, 5.74) is 3.65. The molecule has 0 N–H and O–H groups in total. The maximum Gasteiger partial charge on any atom is 0.232 e. The Morgan fingerprint density at radius 2 is 2.13 bits per heavy atom. The molecule has 1 unspecified atom stereocenters. The quantitative estimate of drug-likeness (QED) is 0.860. The lowest BCUT2D eigenvalue weighted by molar-refractivity contribution is -0.128. The topological polar surface area (TPSA) is 40.6 Å². The minimum absolute atomic E-state index is 0.109. The van der Waals surface area contributed by atoms with Crippen LogP contribution in [0.25, 0.3) is 0 Å². The Balaban J connectivity index is 1.83. The van der Waals surface area contributed by atoms with E-state index in [2.05, 4.69) is 32.0 Å². The Morgan fingerprint density at radius 3 is 2.78 bits per heavy atom. The van der Waals surface area contributed by atoms with Crippen LogP contribution in [0.15, 0.2) is 18.2 Å². The molecule has 2 heterocycles. The van der Waals surface area contributed by atoms with Gasteiger partial charge in [0, 0.05) is 31.7 Å². The lowest BCUT2D eigenvalue weighted by Crippen LogP contribution is -2.40.